The topological polar surface area (TPSA) is 88.1 Å². The molecule has 0 aliphatic carbocycles. The van der Waals surface area contributed by atoms with Crippen molar-refractivity contribution < 1.29 is 33.3 Å². The fourth-order valence-electron chi connectivity index (χ4n) is 4.07. The molecule has 4 atom stereocenters. The van der Waals surface area contributed by atoms with Crippen molar-refractivity contribution in [1.82, 2.24) is 0 Å². The molecule has 3 aromatic rings. The third kappa shape index (κ3) is 5.70. The Labute approximate surface area is 214 Å². The maximum absolute atomic E-state index is 13.1. The molecule has 0 spiro atoms. The molecule has 1 saturated heterocycles. The van der Waals surface area contributed by atoms with Gasteiger partial charge in [0.2, 0.25) is 11.9 Å². The SMILES string of the molecule is C=C=C[C@]1(OC(=O)c2ccccc2)C(OC(=O)c2ccccc2)O[C@H](COC(=O)c2ccccc2)C1C. The lowest BCUT2D eigenvalue weighted by Gasteiger charge is -2.33. The molecule has 7 nitrogen and oxygen atoms in total. The van der Waals surface area contributed by atoms with Crippen LogP contribution in [-0.2, 0) is 18.9 Å². The third-order valence-electron chi connectivity index (χ3n) is 6.15. The number of carbonyl (C=O) groups is 3. The van der Waals surface area contributed by atoms with Crippen LogP contribution in [0.5, 0.6) is 0 Å². The summed E-state index contributed by atoms with van der Waals surface area (Å²) in [4.78, 5) is 38.6. The lowest BCUT2D eigenvalue weighted by molar-refractivity contribution is -0.162. The molecule has 1 aliphatic heterocycles. The average molecular weight is 499 g/mol. The van der Waals surface area contributed by atoms with Crippen LogP contribution in [0.2, 0.25) is 0 Å². The zero-order chi connectivity index (χ0) is 26.3. The molecule has 1 aliphatic rings. The quantitative estimate of drug-likeness (QED) is 0.245. The summed E-state index contributed by atoms with van der Waals surface area (Å²) in [6.45, 7) is 5.23. The molecule has 0 aromatic heterocycles. The first-order chi connectivity index (χ1) is 17.9. The van der Waals surface area contributed by atoms with Crippen molar-refractivity contribution >= 4 is 17.9 Å². The van der Waals surface area contributed by atoms with E-state index in [1.54, 1.807) is 97.9 Å². The number of carbonyl (C=O) groups excluding carboxylic acids is 3. The molecule has 7 heteroatoms. The molecule has 0 bridgehead atoms. The number of rotatable bonds is 8. The Morgan fingerprint density at radius 1 is 0.838 bits per heavy atom. The molecule has 1 fully saturated rings. The first-order valence-electron chi connectivity index (χ1n) is 11.7. The van der Waals surface area contributed by atoms with Crippen LogP contribution >= 0.6 is 0 Å². The molecule has 4 rings (SSSR count). The maximum atomic E-state index is 13.1. The van der Waals surface area contributed by atoms with Gasteiger partial charge in [0.25, 0.3) is 0 Å². The van der Waals surface area contributed by atoms with Crippen molar-refractivity contribution in [3.05, 3.63) is 126 Å². The molecule has 37 heavy (non-hydrogen) atoms. The van der Waals surface area contributed by atoms with Crippen molar-refractivity contribution in [2.75, 3.05) is 6.61 Å². The standard InChI is InChI=1S/C30H26O7/c1-3-19-30(37-28(33)24-17-11-6-12-18-24)21(2)25(20-34-26(31)22-13-7-4-8-14-22)35-29(30)36-27(32)23-15-9-5-10-16-23/h4-19,21,25,29H,1,20H2,2H3/t21?,25-,29?,30-/m1/s1. The predicted octanol–water partition coefficient (Wildman–Crippen LogP) is 5.00. The van der Waals surface area contributed by atoms with E-state index >= 15 is 0 Å². The van der Waals surface area contributed by atoms with Gasteiger partial charge in [-0.25, -0.2) is 14.4 Å². The number of benzene rings is 3. The van der Waals surface area contributed by atoms with Crippen LogP contribution in [-0.4, -0.2) is 42.5 Å². The number of esters is 3. The highest BCUT2D eigenvalue weighted by molar-refractivity contribution is 5.91. The molecule has 188 valence electrons. The molecular formula is C30H26O7. The second-order valence-electron chi connectivity index (χ2n) is 8.49. The first kappa shape index (κ1) is 25.6. The van der Waals surface area contributed by atoms with Gasteiger partial charge in [0.15, 0.2) is 0 Å². The summed E-state index contributed by atoms with van der Waals surface area (Å²) in [5, 5.41) is 0. The second kappa shape index (κ2) is 11.5. The monoisotopic (exact) mass is 498 g/mol. The number of hydrogen-bond donors (Lipinski definition) is 0. The largest absolute Gasteiger partial charge is 0.459 e. The zero-order valence-electron chi connectivity index (χ0n) is 20.2. The molecule has 0 saturated carbocycles. The Morgan fingerprint density at radius 2 is 1.32 bits per heavy atom. The van der Waals surface area contributed by atoms with E-state index < -0.39 is 41.8 Å². The van der Waals surface area contributed by atoms with Crippen molar-refractivity contribution in [3.8, 4) is 0 Å². The fraction of sp³-hybridized carbons (Fsp3) is 0.200. The van der Waals surface area contributed by atoms with E-state index in [1.165, 1.54) is 6.08 Å². The Morgan fingerprint density at radius 3 is 1.84 bits per heavy atom. The summed E-state index contributed by atoms with van der Waals surface area (Å²) >= 11 is 0. The van der Waals surface area contributed by atoms with Gasteiger partial charge in [0, 0.05) is 12.0 Å². The molecule has 0 N–H and O–H groups in total. The van der Waals surface area contributed by atoms with E-state index in [-0.39, 0.29) is 6.61 Å². The van der Waals surface area contributed by atoms with Crippen molar-refractivity contribution in [3.63, 3.8) is 0 Å². The molecular weight excluding hydrogens is 472 g/mol. The van der Waals surface area contributed by atoms with E-state index in [0.29, 0.717) is 16.7 Å². The summed E-state index contributed by atoms with van der Waals surface area (Å²) in [6, 6.07) is 25.3. The highest BCUT2D eigenvalue weighted by Crippen LogP contribution is 2.42. The summed E-state index contributed by atoms with van der Waals surface area (Å²) in [7, 11) is 0. The maximum Gasteiger partial charge on any atom is 0.340 e. The summed E-state index contributed by atoms with van der Waals surface area (Å²) in [5.41, 5.74) is 2.06. The minimum absolute atomic E-state index is 0.163. The van der Waals surface area contributed by atoms with E-state index in [2.05, 4.69) is 12.3 Å². The Hall–Kier alpha value is -4.45. The van der Waals surface area contributed by atoms with E-state index in [4.69, 9.17) is 18.9 Å². The second-order valence-corrected chi connectivity index (χ2v) is 8.49. The molecule has 1 heterocycles. The first-order valence-corrected chi connectivity index (χ1v) is 11.7. The van der Waals surface area contributed by atoms with Gasteiger partial charge in [0.05, 0.1) is 16.7 Å². The predicted molar refractivity (Wildman–Crippen MR) is 135 cm³/mol. The van der Waals surface area contributed by atoms with Crippen LogP contribution in [0.3, 0.4) is 0 Å². The Balaban J connectivity index is 1.61. The molecule has 3 aromatic carbocycles. The van der Waals surface area contributed by atoms with Gasteiger partial charge in [0.1, 0.15) is 12.7 Å². The Kier molecular flexibility index (Phi) is 7.98. The van der Waals surface area contributed by atoms with Gasteiger partial charge in [-0.3, -0.25) is 0 Å². The summed E-state index contributed by atoms with van der Waals surface area (Å²) < 4.78 is 23.2. The van der Waals surface area contributed by atoms with Crippen LogP contribution in [0.1, 0.15) is 38.0 Å². The molecule has 2 unspecified atom stereocenters. The number of hydrogen-bond acceptors (Lipinski definition) is 7. The van der Waals surface area contributed by atoms with Gasteiger partial charge in [-0.05, 0) is 36.4 Å². The van der Waals surface area contributed by atoms with Crippen LogP contribution in [0.25, 0.3) is 0 Å². The van der Waals surface area contributed by atoms with Crippen LogP contribution in [0.15, 0.2) is 109 Å². The lowest BCUT2D eigenvalue weighted by Crippen LogP contribution is -2.48. The highest BCUT2D eigenvalue weighted by atomic mass is 16.7. The number of ether oxygens (including phenoxy) is 4. The van der Waals surface area contributed by atoms with Crippen LogP contribution in [0.4, 0.5) is 0 Å². The summed E-state index contributed by atoms with van der Waals surface area (Å²) in [6.07, 6.45) is -0.701. The van der Waals surface area contributed by atoms with Gasteiger partial charge in [-0.1, -0.05) is 68.1 Å². The molecule has 0 radical (unpaired) electrons. The van der Waals surface area contributed by atoms with Gasteiger partial charge in [-0.2, -0.15) is 0 Å². The van der Waals surface area contributed by atoms with Crippen molar-refractivity contribution in [1.29, 1.82) is 0 Å². The van der Waals surface area contributed by atoms with Gasteiger partial charge < -0.3 is 18.9 Å². The van der Waals surface area contributed by atoms with Gasteiger partial charge >= 0.3 is 17.9 Å². The minimum atomic E-state index is -1.58. The van der Waals surface area contributed by atoms with Crippen LogP contribution in [0, 0.1) is 5.92 Å². The van der Waals surface area contributed by atoms with E-state index in [0.717, 1.165) is 0 Å². The lowest BCUT2D eigenvalue weighted by atomic mass is 9.86. The minimum Gasteiger partial charge on any atom is -0.459 e. The fourth-order valence-corrected chi connectivity index (χ4v) is 4.07. The average Bonchev–Trinajstić information content (AvgIpc) is 3.18. The van der Waals surface area contributed by atoms with Crippen molar-refractivity contribution in [2.45, 2.75) is 24.9 Å². The Bertz CT molecular complexity index is 1280. The highest BCUT2D eigenvalue weighted by Gasteiger charge is 2.59. The normalized spacial score (nSPS) is 22.4. The van der Waals surface area contributed by atoms with Crippen LogP contribution < -0.4 is 0 Å². The van der Waals surface area contributed by atoms with Gasteiger partial charge in [-0.15, -0.1) is 5.73 Å². The third-order valence-corrected chi connectivity index (χ3v) is 6.15. The van der Waals surface area contributed by atoms with E-state index in [9.17, 15) is 14.4 Å². The zero-order valence-corrected chi connectivity index (χ0v) is 20.2. The molecule has 0 amide bonds. The summed E-state index contributed by atoms with van der Waals surface area (Å²) in [5.74, 6) is -2.46. The van der Waals surface area contributed by atoms with E-state index in [1.807, 2.05) is 0 Å². The smallest absolute Gasteiger partial charge is 0.340 e. The van der Waals surface area contributed by atoms with Crippen molar-refractivity contribution in [2.24, 2.45) is 5.92 Å².